The molecular weight excluding hydrogens is 256 g/mol. The van der Waals surface area contributed by atoms with Crippen LogP contribution >= 0.6 is 11.3 Å². The molecule has 102 valence electrons. The summed E-state index contributed by atoms with van der Waals surface area (Å²) in [6, 6.07) is 0. The summed E-state index contributed by atoms with van der Waals surface area (Å²) in [4.78, 5) is 28.0. The van der Waals surface area contributed by atoms with Crippen LogP contribution in [0.5, 0.6) is 0 Å². The predicted octanol–water partition coefficient (Wildman–Crippen LogP) is 4.37. The van der Waals surface area contributed by atoms with Gasteiger partial charge in [0.05, 0.1) is 5.41 Å². The van der Waals surface area contributed by atoms with Crippen LogP contribution in [0.1, 0.15) is 82.8 Å². The van der Waals surface area contributed by atoms with Crippen LogP contribution in [0.15, 0.2) is 0 Å². The molecule has 0 radical (unpaired) electrons. The van der Waals surface area contributed by atoms with E-state index in [9.17, 15) is 9.59 Å². The molecule has 1 spiro atoms. The van der Waals surface area contributed by atoms with Gasteiger partial charge in [-0.2, -0.15) is 0 Å². The van der Waals surface area contributed by atoms with Crippen molar-refractivity contribution in [2.45, 2.75) is 58.8 Å². The van der Waals surface area contributed by atoms with Crippen LogP contribution in [-0.2, 0) is 6.42 Å². The third-order valence-electron chi connectivity index (χ3n) is 4.63. The average Bonchev–Trinajstić information content (AvgIpc) is 3.05. The van der Waals surface area contributed by atoms with Crippen molar-refractivity contribution in [3.8, 4) is 0 Å². The van der Waals surface area contributed by atoms with Crippen LogP contribution < -0.4 is 0 Å². The fraction of sp³-hybridized carbons (Fsp3) is 0.625. The molecule has 1 saturated carbocycles. The lowest BCUT2D eigenvalue weighted by molar-refractivity contribution is 0.0705. The molecule has 1 heterocycles. The minimum atomic E-state index is -0.661. The lowest BCUT2D eigenvalue weighted by Crippen LogP contribution is -2.30. The van der Waals surface area contributed by atoms with E-state index in [0.717, 1.165) is 53.0 Å². The summed E-state index contributed by atoms with van der Waals surface area (Å²) in [5.41, 5.74) is 0.929. The van der Waals surface area contributed by atoms with Crippen molar-refractivity contribution in [1.82, 2.24) is 0 Å². The Morgan fingerprint density at radius 3 is 2.21 bits per heavy atom. The number of hydrogen-bond donors (Lipinski definition) is 0. The first-order valence-electron chi connectivity index (χ1n) is 7.28. The van der Waals surface area contributed by atoms with Crippen LogP contribution in [0.4, 0.5) is 0 Å². The van der Waals surface area contributed by atoms with E-state index in [2.05, 4.69) is 20.8 Å². The quantitative estimate of drug-likeness (QED) is 0.751. The zero-order valence-electron chi connectivity index (χ0n) is 11.8. The molecule has 3 heteroatoms. The third kappa shape index (κ3) is 1.54. The first kappa shape index (κ1) is 13.0. The Kier molecular flexibility index (Phi) is 2.93. The molecule has 1 aromatic rings. The zero-order chi connectivity index (χ0) is 13.8. The number of Topliss-reactive ketones (excluding diaryl/α,β-unsaturated/α-hetero) is 2. The highest BCUT2D eigenvalue weighted by Crippen LogP contribution is 2.53. The van der Waals surface area contributed by atoms with Crippen molar-refractivity contribution in [2.24, 2.45) is 5.41 Å². The average molecular weight is 276 g/mol. The van der Waals surface area contributed by atoms with E-state index < -0.39 is 5.41 Å². The van der Waals surface area contributed by atoms with Crippen molar-refractivity contribution in [3.63, 3.8) is 0 Å². The van der Waals surface area contributed by atoms with Crippen molar-refractivity contribution >= 4 is 22.9 Å². The number of thiophene rings is 1. The molecule has 0 unspecified atom stereocenters. The van der Waals surface area contributed by atoms with Gasteiger partial charge >= 0.3 is 0 Å². The highest BCUT2D eigenvalue weighted by molar-refractivity contribution is 7.13. The summed E-state index contributed by atoms with van der Waals surface area (Å²) in [5, 5.41) is 0. The van der Waals surface area contributed by atoms with Gasteiger partial charge < -0.3 is 0 Å². The van der Waals surface area contributed by atoms with Crippen LogP contribution in [-0.4, -0.2) is 11.6 Å². The molecule has 19 heavy (non-hydrogen) atoms. The van der Waals surface area contributed by atoms with Crippen molar-refractivity contribution in [2.75, 3.05) is 0 Å². The van der Waals surface area contributed by atoms with E-state index in [1.54, 1.807) is 11.3 Å². The molecule has 0 bridgehead atoms. The van der Waals surface area contributed by atoms with Crippen LogP contribution in [0, 0.1) is 5.41 Å². The van der Waals surface area contributed by atoms with Gasteiger partial charge in [-0.25, -0.2) is 0 Å². The fourth-order valence-electron chi connectivity index (χ4n) is 3.63. The first-order chi connectivity index (χ1) is 9.03. The Hall–Kier alpha value is -0.960. The number of carbonyl (C=O) groups is 2. The highest BCUT2D eigenvalue weighted by atomic mass is 32.1. The van der Waals surface area contributed by atoms with Crippen molar-refractivity contribution in [1.29, 1.82) is 0 Å². The Bertz CT molecular complexity index is 560. The molecule has 0 atom stereocenters. The largest absolute Gasteiger partial charge is 0.293 e. The number of hydrogen-bond acceptors (Lipinski definition) is 3. The van der Waals surface area contributed by atoms with Crippen LogP contribution in [0.25, 0.3) is 0 Å². The smallest absolute Gasteiger partial charge is 0.178 e. The molecular formula is C16H20O2S. The number of aryl methyl sites for hydroxylation is 1. The molecule has 0 N–H and O–H groups in total. The Balaban J connectivity index is 2.22. The molecule has 0 amide bonds. The van der Waals surface area contributed by atoms with Gasteiger partial charge in [-0.1, -0.05) is 33.6 Å². The van der Waals surface area contributed by atoms with Gasteiger partial charge in [0, 0.05) is 20.9 Å². The normalized spacial score (nSPS) is 20.8. The lowest BCUT2D eigenvalue weighted by atomic mass is 9.81. The van der Waals surface area contributed by atoms with E-state index in [-0.39, 0.29) is 11.6 Å². The maximum atomic E-state index is 12.9. The monoisotopic (exact) mass is 276 g/mol. The summed E-state index contributed by atoms with van der Waals surface area (Å²) >= 11 is 1.68. The molecule has 2 aliphatic carbocycles. The number of rotatable bonds is 2. The van der Waals surface area contributed by atoms with Gasteiger partial charge in [0.25, 0.3) is 0 Å². The minimum Gasteiger partial charge on any atom is -0.293 e. The van der Waals surface area contributed by atoms with E-state index in [0.29, 0.717) is 5.92 Å². The maximum Gasteiger partial charge on any atom is 0.178 e. The lowest BCUT2D eigenvalue weighted by Gasteiger charge is -2.19. The number of carbonyl (C=O) groups excluding carboxylic acids is 2. The molecule has 0 aromatic carbocycles. The standard InChI is InChI=1S/C16H20O2S/c1-4-10-11-12(13(19-10)9(2)3)15(18)16(14(11)17)7-5-6-8-16/h9H,4-8H2,1-3H3. The first-order valence-corrected chi connectivity index (χ1v) is 8.09. The molecule has 0 saturated heterocycles. The van der Waals surface area contributed by atoms with E-state index in [1.165, 1.54) is 0 Å². The molecule has 1 aromatic heterocycles. The Labute approximate surface area is 118 Å². The predicted molar refractivity (Wildman–Crippen MR) is 77.3 cm³/mol. The second-order valence-electron chi connectivity index (χ2n) is 6.10. The van der Waals surface area contributed by atoms with E-state index in [4.69, 9.17) is 0 Å². The maximum absolute atomic E-state index is 12.9. The van der Waals surface area contributed by atoms with Gasteiger partial charge in [-0.05, 0) is 25.2 Å². The van der Waals surface area contributed by atoms with Crippen molar-refractivity contribution < 1.29 is 9.59 Å². The number of ketones is 2. The molecule has 3 rings (SSSR count). The summed E-state index contributed by atoms with van der Waals surface area (Å²) in [7, 11) is 0. The molecule has 2 aliphatic rings. The van der Waals surface area contributed by atoms with Gasteiger partial charge in [0.2, 0.25) is 0 Å². The van der Waals surface area contributed by atoms with Gasteiger partial charge in [0.1, 0.15) is 0 Å². The van der Waals surface area contributed by atoms with E-state index in [1.807, 2.05) is 0 Å². The van der Waals surface area contributed by atoms with Crippen LogP contribution in [0.2, 0.25) is 0 Å². The zero-order valence-corrected chi connectivity index (χ0v) is 12.7. The summed E-state index contributed by atoms with van der Waals surface area (Å²) in [6.45, 7) is 6.31. The topological polar surface area (TPSA) is 34.1 Å². The Morgan fingerprint density at radius 1 is 1.11 bits per heavy atom. The SMILES string of the molecule is CCc1sc(C(C)C)c2c1C(=O)C1(CCCC1)C2=O. The molecule has 0 aliphatic heterocycles. The van der Waals surface area contributed by atoms with Gasteiger partial charge in [-0.15, -0.1) is 11.3 Å². The molecule has 2 nitrogen and oxygen atoms in total. The second kappa shape index (κ2) is 4.27. The molecule has 1 fully saturated rings. The summed E-state index contributed by atoms with van der Waals surface area (Å²) in [6.07, 6.45) is 4.43. The summed E-state index contributed by atoms with van der Waals surface area (Å²) < 4.78 is 0. The summed E-state index contributed by atoms with van der Waals surface area (Å²) in [5.74, 6) is 0.613. The van der Waals surface area contributed by atoms with E-state index >= 15 is 0 Å². The van der Waals surface area contributed by atoms with Crippen molar-refractivity contribution in [3.05, 3.63) is 20.9 Å². The van der Waals surface area contributed by atoms with Crippen LogP contribution in [0.3, 0.4) is 0 Å². The highest BCUT2D eigenvalue weighted by Gasteiger charge is 2.56. The third-order valence-corrected chi connectivity index (χ3v) is 6.27. The Morgan fingerprint density at radius 2 is 1.68 bits per heavy atom. The van der Waals surface area contributed by atoms with Gasteiger partial charge in [-0.3, -0.25) is 9.59 Å². The number of fused-ring (bicyclic) bond motifs is 1. The van der Waals surface area contributed by atoms with Gasteiger partial charge in [0.15, 0.2) is 11.6 Å². The second-order valence-corrected chi connectivity index (χ2v) is 7.23. The minimum absolute atomic E-state index is 0.143. The fourth-order valence-corrected chi connectivity index (χ4v) is 4.87.